The molecule has 3 N–H and O–H groups in total. The van der Waals surface area contributed by atoms with Gasteiger partial charge in [-0.05, 0) is 38.6 Å². The van der Waals surface area contributed by atoms with Crippen LogP contribution in [0.1, 0.15) is 97.3 Å². The van der Waals surface area contributed by atoms with E-state index in [0.29, 0.717) is 6.04 Å². The Balaban J connectivity index is 2.15. The average Bonchev–Trinajstić information content (AvgIpc) is 2.48. The zero-order chi connectivity index (χ0) is 16.0. The zero-order valence-electron chi connectivity index (χ0n) is 15.4. The van der Waals surface area contributed by atoms with Crippen molar-refractivity contribution < 1.29 is 0 Å². The van der Waals surface area contributed by atoms with E-state index in [1.54, 1.807) is 0 Å². The van der Waals surface area contributed by atoms with Crippen molar-refractivity contribution in [2.45, 2.75) is 103 Å². The van der Waals surface area contributed by atoms with Crippen molar-refractivity contribution in [2.24, 2.45) is 11.8 Å². The molecule has 132 valence electrons. The summed E-state index contributed by atoms with van der Waals surface area (Å²) in [6.45, 7) is 4.62. The zero-order valence-corrected chi connectivity index (χ0v) is 15.4. The van der Waals surface area contributed by atoms with Crippen LogP contribution in [0.3, 0.4) is 0 Å². The van der Waals surface area contributed by atoms with Crippen molar-refractivity contribution in [3.63, 3.8) is 0 Å². The van der Waals surface area contributed by atoms with Crippen LogP contribution in [0.4, 0.5) is 0 Å². The lowest BCUT2D eigenvalue weighted by atomic mass is 9.78. The SMILES string of the molecule is CCCCCCCCCC(CCC1CCC1)[C@H](C)NNNC. The van der Waals surface area contributed by atoms with Gasteiger partial charge in [0.05, 0.1) is 0 Å². The molecule has 0 radical (unpaired) electrons. The second-order valence-corrected chi connectivity index (χ2v) is 7.35. The fraction of sp³-hybridized carbons (Fsp3) is 1.00. The minimum absolute atomic E-state index is 0.549. The van der Waals surface area contributed by atoms with Crippen molar-refractivity contribution in [3.05, 3.63) is 0 Å². The van der Waals surface area contributed by atoms with E-state index in [2.05, 4.69) is 30.2 Å². The number of rotatable bonds is 15. The molecule has 22 heavy (non-hydrogen) atoms. The van der Waals surface area contributed by atoms with Gasteiger partial charge in [-0.2, -0.15) is 5.53 Å². The molecule has 3 heteroatoms. The summed E-state index contributed by atoms with van der Waals surface area (Å²) in [5, 5.41) is 0. The molecule has 1 unspecified atom stereocenters. The highest BCUT2D eigenvalue weighted by Crippen LogP contribution is 2.33. The van der Waals surface area contributed by atoms with Crippen molar-refractivity contribution in [1.82, 2.24) is 16.4 Å². The third-order valence-corrected chi connectivity index (χ3v) is 5.48. The molecule has 0 amide bonds. The third kappa shape index (κ3) is 9.12. The molecular formula is C19H41N3. The van der Waals surface area contributed by atoms with Gasteiger partial charge >= 0.3 is 0 Å². The smallest absolute Gasteiger partial charge is 0.0226 e. The van der Waals surface area contributed by atoms with Crippen LogP contribution in [0, 0.1) is 11.8 Å². The van der Waals surface area contributed by atoms with Gasteiger partial charge in [0, 0.05) is 6.04 Å². The highest BCUT2D eigenvalue weighted by Gasteiger charge is 2.22. The molecule has 0 saturated heterocycles. The normalized spacial score (nSPS) is 18.1. The Labute approximate surface area is 139 Å². The van der Waals surface area contributed by atoms with Gasteiger partial charge in [-0.1, -0.05) is 77.6 Å². The summed E-state index contributed by atoms with van der Waals surface area (Å²) in [5.41, 5.74) is 9.44. The first-order valence-electron chi connectivity index (χ1n) is 9.95. The average molecular weight is 312 g/mol. The van der Waals surface area contributed by atoms with E-state index in [1.165, 1.54) is 83.5 Å². The van der Waals surface area contributed by atoms with Gasteiger partial charge in [0.15, 0.2) is 0 Å². The molecule has 0 aromatic rings. The largest absolute Gasteiger partial charge is 0.247 e. The molecule has 2 atom stereocenters. The van der Waals surface area contributed by atoms with Gasteiger partial charge in [-0.25, -0.2) is 10.9 Å². The molecule has 0 aliphatic heterocycles. The second-order valence-electron chi connectivity index (χ2n) is 7.35. The molecule has 0 aromatic carbocycles. The molecular weight excluding hydrogens is 270 g/mol. The summed E-state index contributed by atoms with van der Waals surface area (Å²) in [6.07, 6.45) is 18.6. The number of hydrogen-bond donors (Lipinski definition) is 3. The summed E-state index contributed by atoms with van der Waals surface area (Å²) in [6, 6.07) is 0.549. The first-order valence-corrected chi connectivity index (χ1v) is 9.95. The van der Waals surface area contributed by atoms with Crippen LogP contribution in [0.25, 0.3) is 0 Å². The predicted molar refractivity (Wildman–Crippen MR) is 97.5 cm³/mol. The van der Waals surface area contributed by atoms with Gasteiger partial charge in [0.2, 0.25) is 0 Å². The van der Waals surface area contributed by atoms with E-state index in [0.717, 1.165) is 11.8 Å². The van der Waals surface area contributed by atoms with Crippen LogP contribution in [0.15, 0.2) is 0 Å². The van der Waals surface area contributed by atoms with Crippen molar-refractivity contribution in [3.8, 4) is 0 Å². The van der Waals surface area contributed by atoms with E-state index in [-0.39, 0.29) is 0 Å². The lowest BCUT2D eigenvalue weighted by Gasteiger charge is -2.30. The Morgan fingerprint density at radius 1 is 0.955 bits per heavy atom. The Hall–Kier alpha value is -0.120. The molecule has 0 aromatic heterocycles. The molecule has 1 fully saturated rings. The van der Waals surface area contributed by atoms with E-state index < -0.39 is 0 Å². The Kier molecular flexibility index (Phi) is 12.1. The number of hydrogen-bond acceptors (Lipinski definition) is 3. The van der Waals surface area contributed by atoms with Gasteiger partial charge in [-0.3, -0.25) is 0 Å². The molecule has 3 nitrogen and oxygen atoms in total. The molecule has 0 heterocycles. The van der Waals surface area contributed by atoms with Crippen molar-refractivity contribution in [2.75, 3.05) is 7.05 Å². The van der Waals surface area contributed by atoms with Gasteiger partial charge in [0.1, 0.15) is 0 Å². The maximum atomic E-state index is 3.40. The number of nitrogens with one attached hydrogen (secondary N) is 3. The molecule has 1 rings (SSSR count). The minimum Gasteiger partial charge on any atom is -0.247 e. The highest BCUT2D eigenvalue weighted by atomic mass is 15.6. The standard InChI is InChI=1S/C19H41N3/c1-4-5-6-7-8-9-10-14-19(17(2)21-22-20-3)16-15-18-12-11-13-18/h17-22H,4-16H2,1-3H3/t17-,19?/m0/s1. The first-order chi connectivity index (χ1) is 10.8. The summed E-state index contributed by atoms with van der Waals surface area (Å²) < 4.78 is 0. The fourth-order valence-electron chi connectivity index (χ4n) is 3.54. The molecule has 1 aliphatic carbocycles. The Bertz CT molecular complexity index is 241. The molecule has 0 spiro atoms. The molecule has 1 aliphatic rings. The lowest BCUT2D eigenvalue weighted by molar-refractivity contribution is 0.228. The third-order valence-electron chi connectivity index (χ3n) is 5.48. The Morgan fingerprint density at radius 2 is 1.64 bits per heavy atom. The molecule has 0 bridgehead atoms. The van der Waals surface area contributed by atoms with Gasteiger partial charge in [-0.15, -0.1) is 0 Å². The predicted octanol–water partition coefficient (Wildman–Crippen LogP) is 4.94. The van der Waals surface area contributed by atoms with E-state index in [9.17, 15) is 0 Å². The lowest BCUT2D eigenvalue weighted by Crippen LogP contribution is -2.48. The van der Waals surface area contributed by atoms with Crippen LogP contribution in [-0.2, 0) is 0 Å². The van der Waals surface area contributed by atoms with Crippen LogP contribution in [-0.4, -0.2) is 13.1 Å². The molecule has 1 saturated carbocycles. The van der Waals surface area contributed by atoms with E-state index >= 15 is 0 Å². The van der Waals surface area contributed by atoms with Gasteiger partial charge < -0.3 is 0 Å². The van der Waals surface area contributed by atoms with Crippen LogP contribution in [0.5, 0.6) is 0 Å². The maximum Gasteiger partial charge on any atom is 0.0226 e. The van der Waals surface area contributed by atoms with Crippen LogP contribution >= 0.6 is 0 Å². The fourth-order valence-corrected chi connectivity index (χ4v) is 3.54. The summed E-state index contributed by atoms with van der Waals surface area (Å²) in [7, 11) is 1.92. The Morgan fingerprint density at radius 3 is 2.23 bits per heavy atom. The van der Waals surface area contributed by atoms with Gasteiger partial charge in [0.25, 0.3) is 0 Å². The summed E-state index contributed by atoms with van der Waals surface area (Å²) >= 11 is 0. The highest BCUT2D eigenvalue weighted by molar-refractivity contribution is 4.76. The number of unbranched alkanes of at least 4 members (excludes halogenated alkanes) is 6. The van der Waals surface area contributed by atoms with E-state index in [4.69, 9.17) is 0 Å². The first kappa shape index (κ1) is 19.9. The van der Waals surface area contributed by atoms with Crippen molar-refractivity contribution >= 4 is 0 Å². The number of hydrazine groups is 2. The maximum absolute atomic E-state index is 3.40. The summed E-state index contributed by atoms with van der Waals surface area (Å²) in [5.74, 6) is 1.86. The topological polar surface area (TPSA) is 36.1 Å². The summed E-state index contributed by atoms with van der Waals surface area (Å²) in [4.78, 5) is 0. The second kappa shape index (κ2) is 13.3. The van der Waals surface area contributed by atoms with Crippen LogP contribution < -0.4 is 16.4 Å². The monoisotopic (exact) mass is 311 g/mol. The van der Waals surface area contributed by atoms with E-state index in [1.807, 2.05) is 7.05 Å². The quantitative estimate of drug-likeness (QED) is 0.296. The van der Waals surface area contributed by atoms with Crippen LogP contribution in [0.2, 0.25) is 0 Å². The minimum atomic E-state index is 0.549. The van der Waals surface area contributed by atoms with Crippen molar-refractivity contribution in [1.29, 1.82) is 0 Å².